The average Bonchev–Trinajstić information content (AvgIpc) is 2.48. The molecule has 0 aromatic heterocycles. The van der Waals surface area contributed by atoms with Crippen molar-refractivity contribution in [1.29, 1.82) is 0 Å². The molecule has 98 valence electrons. The van der Waals surface area contributed by atoms with Crippen molar-refractivity contribution in [2.45, 2.75) is 19.9 Å². The highest BCUT2D eigenvalue weighted by molar-refractivity contribution is 5.86. The van der Waals surface area contributed by atoms with Crippen LogP contribution in [0, 0.1) is 5.41 Å². The number of benzene rings is 1. The molecule has 1 amide bonds. The lowest BCUT2D eigenvalue weighted by Gasteiger charge is -2.34. The molecule has 1 saturated heterocycles. The lowest BCUT2D eigenvalue weighted by atomic mass is 9.93. The predicted molar refractivity (Wildman–Crippen MR) is 73.4 cm³/mol. The van der Waals surface area contributed by atoms with Gasteiger partial charge in [-0.25, -0.2) is 0 Å². The summed E-state index contributed by atoms with van der Waals surface area (Å²) in [5.41, 5.74) is 6.87. The van der Waals surface area contributed by atoms with E-state index < -0.39 is 0 Å². The van der Waals surface area contributed by atoms with Crippen LogP contribution < -0.4 is 16.0 Å². The van der Waals surface area contributed by atoms with Crippen LogP contribution in [0.15, 0.2) is 30.3 Å². The van der Waals surface area contributed by atoms with Crippen LogP contribution in [-0.2, 0) is 4.79 Å². The molecule has 0 saturated carbocycles. The Labute approximate surface area is 108 Å². The highest BCUT2D eigenvalue weighted by atomic mass is 16.2. The molecule has 1 fully saturated rings. The minimum atomic E-state index is -0.283. The molecule has 4 heteroatoms. The third-order valence-electron chi connectivity index (χ3n) is 3.33. The predicted octanol–water partition coefficient (Wildman–Crippen LogP) is 0.976. The molecule has 18 heavy (non-hydrogen) atoms. The number of para-hydroxylation sites is 1. The Morgan fingerprint density at radius 1 is 1.39 bits per heavy atom. The zero-order valence-electron chi connectivity index (χ0n) is 11.0. The number of nitrogens with one attached hydrogen (secondary N) is 1. The second-order valence-electron chi connectivity index (χ2n) is 5.60. The van der Waals surface area contributed by atoms with Crippen molar-refractivity contribution in [3.8, 4) is 0 Å². The zero-order chi connectivity index (χ0) is 13.2. The van der Waals surface area contributed by atoms with E-state index in [0.717, 1.165) is 12.2 Å². The van der Waals surface area contributed by atoms with Gasteiger partial charge in [0.05, 0.1) is 0 Å². The summed E-state index contributed by atoms with van der Waals surface area (Å²) in [5, 5.41) is 2.97. The summed E-state index contributed by atoms with van der Waals surface area (Å²) in [6, 6.07) is 9.71. The topological polar surface area (TPSA) is 58.4 Å². The van der Waals surface area contributed by atoms with Crippen LogP contribution in [0.1, 0.15) is 13.8 Å². The van der Waals surface area contributed by atoms with Crippen molar-refractivity contribution in [2.24, 2.45) is 11.1 Å². The number of carbonyl (C=O) groups is 1. The van der Waals surface area contributed by atoms with Gasteiger partial charge in [0.15, 0.2) is 0 Å². The quantitative estimate of drug-likeness (QED) is 0.819. The monoisotopic (exact) mass is 247 g/mol. The van der Waals surface area contributed by atoms with Crippen LogP contribution in [-0.4, -0.2) is 31.6 Å². The molecule has 1 heterocycles. The number of hydrogen-bond acceptors (Lipinski definition) is 3. The largest absolute Gasteiger partial charge is 0.358 e. The summed E-state index contributed by atoms with van der Waals surface area (Å²) in [5.74, 6) is 0.0203. The molecule has 3 N–H and O–H groups in total. The molecule has 0 aliphatic carbocycles. The van der Waals surface area contributed by atoms with Crippen LogP contribution in [0.2, 0.25) is 0 Å². The summed E-state index contributed by atoms with van der Waals surface area (Å²) < 4.78 is 0. The Hall–Kier alpha value is -1.55. The first kappa shape index (κ1) is 12.9. The van der Waals surface area contributed by atoms with Gasteiger partial charge in [0.25, 0.3) is 0 Å². The van der Waals surface area contributed by atoms with E-state index in [4.69, 9.17) is 5.73 Å². The molecule has 0 radical (unpaired) electrons. The van der Waals surface area contributed by atoms with Crippen LogP contribution in [0.5, 0.6) is 0 Å². The van der Waals surface area contributed by atoms with E-state index in [9.17, 15) is 4.79 Å². The number of carbonyl (C=O) groups excluding carboxylic acids is 1. The number of anilines is 1. The van der Waals surface area contributed by atoms with Gasteiger partial charge in [0, 0.05) is 25.3 Å². The van der Waals surface area contributed by atoms with Crippen LogP contribution in [0.4, 0.5) is 5.69 Å². The Balaban J connectivity index is 2.35. The lowest BCUT2D eigenvalue weighted by Crippen LogP contribution is -2.49. The van der Waals surface area contributed by atoms with Gasteiger partial charge in [-0.15, -0.1) is 0 Å². The van der Waals surface area contributed by atoms with Crippen molar-refractivity contribution in [3.63, 3.8) is 0 Å². The fourth-order valence-electron chi connectivity index (χ4n) is 2.34. The minimum Gasteiger partial charge on any atom is -0.358 e. The highest BCUT2D eigenvalue weighted by Gasteiger charge is 2.34. The van der Waals surface area contributed by atoms with Gasteiger partial charge in [-0.3, -0.25) is 4.79 Å². The summed E-state index contributed by atoms with van der Waals surface area (Å²) in [4.78, 5) is 14.2. The fourth-order valence-corrected chi connectivity index (χ4v) is 2.34. The van der Waals surface area contributed by atoms with E-state index >= 15 is 0 Å². The summed E-state index contributed by atoms with van der Waals surface area (Å²) in [6.07, 6.45) is 0. The minimum absolute atomic E-state index is 0.0203. The maximum atomic E-state index is 12.1. The summed E-state index contributed by atoms with van der Waals surface area (Å²) >= 11 is 0. The first-order valence-corrected chi connectivity index (χ1v) is 6.33. The van der Waals surface area contributed by atoms with Crippen molar-refractivity contribution in [1.82, 2.24) is 5.32 Å². The maximum Gasteiger partial charge on any atom is 0.244 e. The van der Waals surface area contributed by atoms with Crippen molar-refractivity contribution < 1.29 is 4.79 Å². The van der Waals surface area contributed by atoms with E-state index in [1.807, 2.05) is 30.3 Å². The molecule has 1 atom stereocenters. The van der Waals surface area contributed by atoms with Crippen molar-refractivity contribution >= 4 is 11.6 Å². The first-order chi connectivity index (χ1) is 8.53. The van der Waals surface area contributed by atoms with Crippen LogP contribution in [0.25, 0.3) is 0 Å². The average molecular weight is 247 g/mol. The van der Waals surface area contributed by atoms with E-state index in [-0.39, 0.29) is 17.4 Å². The van der Waals surface area contributed by atoms with Crippen molar-refractivity contribution in [3.05, 3.63) is 30.3 Å². The SMILES string of the molecule is CC1(C)CNC(=O)C(CN)N(c2ccccc2)C1. The molecular formula is C14H21N3O. The van der Waals surface area contributed by atoms with E-state index in [1.165, 1.54) is 0 Å². The maximum absolute atomic E-state index is 12.1. The van der Waals surface area contributed by atoms with Crippen LogP contribution in [0.3, 0.4) is 0 Å². The normalized spacial score (nSPS) is 23.4. The zero-order valence-corrected chi connectivity index (χ0v) is 11.0. The third kappa shape index (κ3) is 2.64. The number of rotatable bonds is 2. The fraction of sp³-hybridized carbons (Fsp3) is 0.500. The Morgan fingerprint density at radius 2 is 2.06 bits per heavy atom. The number of nitrogens with zero attached hydrogens (tertiary/aromatic N) is 1. The molecule has 2 rings (SSSR count). The first-order valence-electron chi connectivity index (χ1n) is 6.33. The second-order valence-corrected chi connectivity index (χ2v) is 5.60. The summed E-state index contributed by atoms with van der Waals surface area (Å²) in [7, 11) is 0. The number of nitrogens with two attached hydrogens (primary N) is 1. The second kappa shape index (κ2) is 4.98. The number of amides is 1. The van der Waals surface area contributed by atoms with Crippen LogP contribution >= 0.6 is 0 Å². The lowest BCUT2D eigenvalue weighted by molar-refractivity contribution is -0.121. The Morgan fingerprint density at radius 3 is 2.67 bits per heavy atom. The highest BCUT2D eigenvalue weighted by Crippen LogP contribution is 2.25. The smallest absolute Gasteiger partial charge is 0.244 e. The Bertz CT molecular complexity index is 416. The standard InChI is InChI=1S/C14H21N3O/c1-14(2)9-16-13(18)12(8-15)17(10-14)11-6-4-3-5-7-11/h3-7,12H,8-10,15H2,1-2H3,(H,16,18). The molecule has 0 spiro atoms. The van der Waals surface area contributed by atoms with Gasteiger partial charge in [0.1, 0.15) is 6.04 Å². The van der Waals surface area contributed by atoms with Crippen molar-refractivity contribution in [2.75, 3.05) is 24.5 Å². The number of hydrogen-bond donors (Lipinski definition) is 2. The van der Waals surface area contributed by atoms with E-state index in [2.05, 4.69) is 24.1 Å². The van der Waals surface area contributed by atoms with Gasteiger partial charge in [-0.2, -0.15) is 0 Å². The van der Waals surface area contributed by atoms with Gasteiger partial charge in [0.2, 0.25) is 5.91 Å². The Kier molecular flexibility index (Phi) is 3.57. The van der Waals surface area contributed by atoms with Gasteiger partial charge in [-0.05, 0) is 17.5 Å². The molecule has 1 aromatic carbocycles. The third-order valence-corrected chi connectivity index (χ3v) is 3.33. The molecule has 1 aliphatic rings. The van der Waals surface area contributed by atoms with Gasteiger partial charge < -0.3 is 16.0 Å². The molecule has 1 aliphatic heterocycles. The molecular weight excluding hydrogens is 226 g/mol. The molecule has 4 nitrogen and oxygen atoms in total. The van der Waals surface area contributed by atoms with E-state index in [1.54, 1.807) is 0 Å². The summed E-state index contributed by atoms with van der Waals surface area (Å²) in [6.45, 7) is 6.14. The van der Waals surface area contributed by atoms with Gasteiger partial charge >= 0.3 is 0 Å². The van der Waals surface area contributed by atoms with Gasteiger partial charge in [-0.1, -0.05) is 32.0 Å². The molecule has 1 unspecified atom stereocenters. The van der Waals surface area contributed by atoms with E-state index in [0.29, 0.717) is 13.1 Å². The molecule has 0 bridgehead atoms. The molecule has 1 aromatic rings.